The molecule has 2 rings (SSSR count). The van der Waals surface area contributed by atoms with E-state index < -0.39 is 0 Å². The Morgan fingerprint density at radius 2 is 2.05 bits per heavy atom. The van der Waals surface area contributed by atoms with Gasteiger partial charge in [-0.1, -0.05) is 38.0 Å². The number of hydrogen-bond acceptors (Lipinski definition) is 2. The second-order valence-corrected chi connectivity index (χ2v) is 6.04. The van der Waals surface area contributed by atoms with Crippen molar-refractivity contribution < 1.29 is 0 Å². The minimum atomic E-state index is 0.505. The molecule has 0 spiro atoms. The molecular weight excluding hydrogens is 252 g/mol. The van der Waals surface area contributed by atoms with Crippen LogP contribution in [-0.2, 0) is 0 Å². The number of aryl methyl sites for hydroxylation is 1. The summed E-state index contributed by atoms with van der Waals surface area (Å²) in [5.41, 5.74) is 9.37. The molecule has 0 radical (unpaired) electrons. The number of nitrogens with zero attached hydrogens (tertiary/aromatic N) is 1. The molecule has 0 saturated carbocycles. The molecule has 19 heavy (non-hydrogen) atoms. The van der Waals surface area contributed by atoms with Crippen molar-refractivity contribution in [3.8, 4) is 0 Å². The molecule has 0 unspecified atom stereocenters. The van der Waals surface area contributed by atoms with Crippen molar-refractivity contribution in [1.29, 1.82) is 0 Å². The molecule has 104 valence electrons. The van der Waals surface area contributed by atoms with Crippen LogP contribution in [0.1, 0.15) is 43.7 Å². The fourth-order valence-electron chi connectivity index (χ4n) is 2.98. The van der Waals surface area contributed by atoms with Crippen LogP contribution in [0.15, 0.2) is 18.2 Å². The van der Waals surface area contributed by atoms with E-state index in [4.69, 9.17) is 18.0 Å². The Morgan fingerprint density at radius 1 is 1.37 bits per heavy atom. The third-order valence-electron chi connectivity index (χ3n) is 4.07. The lowest BCUT2D eigenvalue weighted by molar-refractivity contribution is 0.378. The summed E-state index contributed by atoms with van der Waals surface area (Å²) in [4.78, 5) is 2.96. The van der Waals surface area contributed by atoms with Gasteiger partial charge in [0.25, 0.3) is 0 Å². The van der Waals surface area contributed by atoms with E-state index in [-0.39, 0.29) is 0 Å². The summed E-state index contributed by atoms with van der Waals surface area (Å²) >= 11 is 5.18. The third-order valence-corrected chi connectivity index (χ3v) is 4.29. The lowest BCUT2D eigenvalue weighted by Gasteiger charge is -2.34. The van der Waals surface area contributed by atoms with E-state index in [1.807, 2.05) is 0 Å². The van der Waals surface area contributed by atoms with Gasteiger partial charge in [-0.05, 0) is 43.4 Å². The number of hydrogen-bond donors (Lipinski definition) is 1. The molecule has 3 heteroatoms. The number of anilines is 1. The lowest BCUT2D eigenvalue weighted by atomic mass is 9.92. The Morgan fingerprint density at radius 3 is 2.63 bits per heavy atom. The molecule has 1 aromatic rings. The normalized spacial score (nSPS) is 16.6. The van der Waals surface area contributed by atoms with E-state index in [2.05, 4.69) is 36.9 Å². The Labute approximate surface area is 122 Å². The van der Waals surface area contributed by atoms with Crippen LogP contribution in [0.4, 0.5) is 5.69 Å². The molecule has 0 bridgehead atoms. The lowest BCUT2D eigenvalue weighted by Crippen LogP contribution is -2.35. The zero-order valence-electron chi connectivity index (χ0n) is 12.0. The summed E-state index contributed by atoms with van der Waals surface area (Å²) in [6, 6.07) is 6.36. The highest BCUT2D eigenvalue weighted by Gasteiger charge is 2.21. The van der Waals surface area contributed by atoms with Crippen molar-refractivity contribution >= 4 is 22.9 Å². The second kappa shape index (κ2) is 6.38. The van der Waals surface area contributed by atoms with Crippen LogP contribution >= 0.6 is 12.2 Å². The fraction of sp³-hybridized carbons (Fsp3) is 0.562. The van der Waals surface area contributed by atoms with E-state index in [0.29, 0.717) is 4.99 Å². The Balaban J connectivity index is 2.14. The number of rotatable bonds is 4. The van der Waals surface area contributed by atoms with Crippen molar-refractivity contribution in [2.45, 2.75) is 39.5 Å². The number of thiocarbonyl (C=S) groups is 1. The highest BCUT2D eigenvalue weighted by molar-refractivity contribution is 7.80. The topological polar surface area (TPSA) is 29.3 Å². The summed E-state index contributed by atoms with van der Waals surface area (Å²) in [6.45, 7) is 6.65. The van der Waals surface area contributed by atoms with Crippen molar-refractivity contribution in [2.24, 2.45) is 11.7 Å². The molecule has 0 aromatic heterocycles. The molecule has 1 fully saturated rings. The zero-order chi connectivity index (χ0) is 13.8. The average molecular weight is 276 g/mol. The molecule has 2 nitrogen and oxygen atoms in total. The van der Waals surface area contributed by atoms with Crippen LogP contribution in [0.25, 0.3) is 0 Å². The standard InChI is InChI=1S/C16H24N2S/c1-3-4-13-7-9-18(10-8-13)15-11-12(2)5-6-14(15)16(17)19/h5-6,11,13H,3-4,7-10H2,1-2H3,(H2,17,19). The number of piperidine rings is 1. The molecule has 1 heterocycles. The van der Waals surface area contributed by atoms with Crippen molar-refractivity contribution in [3.05, 3.63) is 29.3 Å². The second-order valence-electron chi connectivity index (χ2n) is 5.60. The van der Waals surface area contributed by atoms with E-state index in [0.717, 1.165) is 24.6 Å². The maximum absolute atomic E-state index is 5.85. The van der Waals surface area contributed by atoms with Crippen molar-refractivity contribution in [1.82, 2.24) is 0 Å². The van der Waals surface area contributed by atoms with Gasteiger partial charge in [-0.25, -0.2) is 0 Å². The number of benzene rings is 1. The van der Waals surface area contributed by atoms with Crippen LogP contribution in [0.2, 0.25) is 0 Å². The van der Waals surface area contributed by atoms with E-state index in [1.165, 1.54) is 36.9 Å². The molecule has 1 aliphatic rings. The maximum Gasteiger partial charge on any atom is 0.106 e. The van der Waals surface area contributed by atoms with Gasteiger partial charge in [-0.15, -0.1) is 0 Å². The van der Waals surface area contributed by atoms with Crippen LogP contribution in [0, 0.1) is 12.8 Å². The highest BCUT2D eigenvalue weighted by atomic mass is 32.1. The van der Waals surface area contributed by atoms with Gasteiger partial charge in [0.15, 0.2) is 0 Å². The quantitative estimate of drug-likeness (QED) is 0.851. The SMILES string of the molecule is CCCC1CCN(c2cc(C)ccc2C(N)=S)CC1. The molecule has 1 aliphatic heterocycles. The molecule has 0 aliphatic carbocycles. The van der Waals surface area contributed by atoms with E-state index >= 15 is 0 Å². The number of nitrogens with two attached hydrogens (primary N) is 1. The third kappa shape index (κ3) is 3.47. The Kier molecular flexibility index (Phi) is 4.81. The molecule has 0 amide bonds. The van der Waals surface area contributed by atoms with Crippen molar-refractivity contribution in [2.75, 3.05) is 18.0 Å². The zero-order valence-corrected chi connectivity index (χ0v) is 12.8. The first-order valence-electron chi connectivity index (χ1n) is 7.27. The summed E-state index contributed by atoms with van der Waals surface area (Å²) in [7, 11) is 0. The largest absolute Gasteiger partial charge is 0.389 e. The fourth-order valence-corrected chi connectivity index (χ4v) is 3.16. The van der Waals surface area contributed by atoms with Gasteiger partial charge in [0.1, 0.15) is 4.99 Å². The maximum atomic E-state index is 5.85. The summed E-state index contributed by atoms with van der Waals surface area (Å²) in [5, 5.41) is 0. The van der Waals surface area contributed by atoms with Crippen LogP contribution in [0.3, 0.4) is 0 Å². The predicted molar refractivity (Wildman–Crippen MR) is 86.9 cm³/mol. The van der Waals surface area contributed by atoms with Gasteiger partial charge < -0.3 is 10.6 Å². The van der Waals surface area contributed by atoms with Gasteiger partial charge in [0, 0.05) is 24.3 Å². The Hall–Kier alpha value is -1.09. The first kappa shape index (κ1) is 14.3. The van der Waals surface area contributed by atoms with Gasteiger partial charge in [-0.2, -0.15) is 0 Å². The van der Waals surface area contributed by atoms with Crippen LogP contribution in [0.5, 0.6) is 0 Å². The van der Waals surface area contributed by atoms with E-state index in [1.54, 1.807) is 0 Å². The van der Waals surface area contributed by atoms with Gasteiger partial charge in [-0.3, -0.25) is 0 Å². The monoisotopic (exact) mass is 276 g/mol. The van der Waals surface area contributed by atoms with Gasteiger partial charge in [0.2, 0.25) is 0 Å². The Bertz CT molecular complexity index is 448. The van der Waals surface area contributed by atoms with Gasteiger partial charge >= 0.3 is 0 Å². The van der Waals surface area contributed by atoms with Crippen LogP contribution < -0.4 is 10.6 Å². The summed E-state index contributed by atoms with van der Waals surface area (Å²) < 4.78 is 0. The molecule has 0 atom stereocenters. The molecular formula is C16H24N2S. The first-order chi connectivity index (χ1) is 9.11. The van der Waals surface area contributed by atoms with Crippen LogP contribution in [-0.4, -0.2) is 18.1 Å². The minimum Gasteiger partial charge on any atom is -0.389 e. The summed E-state index contributed by atoms with van der Waals surface area (Å²) in [5.74, 6) is 0.902. The molecule has 1 saturated heterocycles. The minimum absolute atomic E-state index is 0.505. The average Bonchev–Trinajstić information content (AvgIpc) is 2.39. The predicted octanol–water partition coefficient (Wildman–Crippen LogP) is 3.65. The van der Waals surface area contributed by atoms with Gasteiger partial charge in [0.05, 0.1) is 0 Å². The summed E-state index contributed by atoms with van der Waals surface area (Å²) in [6.07, 6.45) is 5.24. The smallest absolute Gasteiger partial charge is 0.106 e. The van der Waals surface area contributed by atoms with E-state index in [9.17, 15) is 0 Å². The van der Waals surface area contributed by atoms with Crippen molar-refractivity contribution in [3.63, 3.8) is 0 Å². The molecule has 1 aromatic carbocycles. The molecule has 2 N–H and O–H groups in total. The first-order valence-corrected chi connectivity index (χ1v) is 7.68. The highest BCUT2D eigenvalue weighted by Crippen LogP contribution is 2.29.